The third kappa shape index (κ3) is 3.62. The van der Waals surface area contributed by atoms with E-state index in [1.165, 1.54) is 11.8 Å². The number of primary amides is 1. The third-order valence-corrected chi connectivity index (χ3v) is 5.29. The Morgan fingerprint density at radius 3 is 2.70 bits per heavy atom. The number of hydrogen-bond acceptors (Lipinski definition) is 5. The summed E-state index contributed by atoms with van der Waals surface area (Å²) in [4.78, 5) is 12.4. The van der Waals surface area contributed by atoms with Gasteiger partial charge in [0.2, 0.25) is 5.91 Å². The number of thiophene rings is 1. The molecule has 0 saturated carbocycles. The highest BCUT2D eigenvalue weighted by Crippen LogP contribution is 2.29. The van der Waals surface area contributed by atoms with Crippen LogP contribution in [-0.2, 0) is 11.3 Å². The van der Waals surface area contributed by atoms with E-state index in [0.29, 0.717) is 11.7 Å². The zero-order valence-corrected chi connectivity index (χ0v) is 14.2. The molecule has 0 spiro atoms. The average molecular weight is 344 g/mol. The van der Waals surface area contributed by atoms with E-state index in [1.54, 1.807) is 18.3 Å². The lowest BCUT2D eigenvalue weighted by molar-refractivity contribution is -0.117. The summed E-state index contributed by atoms with van der Waals surface area (Å²) in [5.41, 5.74) is 6.52. The molecule has 2 aromatic heterocycles. The van der Waals surface area contributed by atoms with E-state index in [4.69, 9.17) is 5.73 Å². The van der Waals surface area contributed by atoms with E-state index >= 15 is 0 Å². The Bertz CT molecular complexity index is 784. The Morgan fingerprint density at radius 1 is 1.26 bits per heavy atom. The fraction of sp³-hybridized carbons (Fsp3) is 0.188. The second kappa shape index (κ2) is 6.97. The summed E-state index contributed by atoms with van der Waals surface area (Å²) in [6, 6.07) is 14.1. The maximum Gasteiger partial charge on any atom is 0.230 e. The summed E-state index contributed by atoms with van der Waals surface area (Å²) >= 11 is 2.95. The summed E-state index contributed by atoms with van der Waals surface area (Å²) in [5, 5.41) is 10.9. The first-order chi connectivity index (χ1) is 11.1. The maximum absolute atomic E-state index is 11.4. The van der Waals surface area contributed by atoms with Gasteiger partial charge in [-0.2, -0.15) is 0 Å². The second-order valence-corrected chi connectivity index (χ2v) is 7.27. The molecule has 118 valence electrons. The number of carbonyl (C=O) groups excluding carboxylic acids is 1. The fourth-order valence-electron chi connectivity index (χ4n) is 2.09. The van der Waals surface area contributed by atoms with Crippen LogP contribution in [0.3, 0.4) is 0 Å². The van der Waals surface area contributed by atoms with Gasteiger partial charge in [0.15, 0.2) is 11.0 Å². The van der Waals surface area contributed by atoms with Gasteiger partial charge in [0.25, 0.3) is 0 Å². The van der Waals surface area contributed by atoms with Crippen LogP contribution in [0.15, 0.2) is 53.0 Å². The number of thioether (sulfide) groups is 1. The Hall–Kier alpha value is -2.12. The first kappa shape index (κ1) is 15.8. The van der Waals surface area contributed by atoms with Crippen LogP contribution in [0.4, 0.5) is 0 Å². The zero-order chi connectivity index (χ0) is 16.2. The molecule has 0 aliphatic rings. The van der Waals surface area contributed by atoms with Gasteiger partial charge in [-0.05, 0) is 23.9 Å². The first-order valence-corrected chi connectivity index (χ1v) is 8.88. The molecule has 1 atom stereocenters. The summed E-state index contributed by atoms with van der Waals surface area (Å²) in [5.74, 6) is 0.449. The van der Waals surface area contributed by atoms with Crippen LogP contribution in [0.5, 0.6) is 0 Å². The Labute approximate surface area is 142 Å². The normalized spacial score (nSPS) is 12.2. The summed E-state index contributed by atoms with van der Waals surface area (Å²) in [6.07, 6.45) is 0. The molecular weight excluding hydrogens is 328 g/mol. The fourth-order valence-corrected chi connectivity index (χ4v) is 3.60. The number of amides is 1. The SMILES string of the molecule is C[C@H](Sc1nnc(-c2cccs2)n1Cc1ccccc1)C(N)=O. The predicted molar refractivity (Wildman–Crippen MR) is 93.4 cm³/mol. The standard InChI is InChI=1S/C16H16N4OS2/c1-11(14(17)21)23-16-19-18-15(13-8-5-9-22-13)20(16)10-12-6-3-2-4-7-12/h2-9,11H,10H2,1H3,(H2,17,21)/t11-/m0/s1. The monoisotopic (exact) mass is 344 g/mol. The van der Waals surface area contributed by atoms with Gasteiger partial charge in [-0.1, -0.05) is 48.2 Å². The van der Waals surface area contributed by atoms with Crippen LogP contribution in [0.1, 0.15) is 12.5 Å². The minimum Gasteiger partial charge on any atom is -0.369 e. The summed E-state index contributed by atoms with van der Waals surface area (Å²) < 4.78 is 2.03. The highest BCUT2D eigenvalue weighted by Gasteiger charge is 2.19. The summed E-state index contributed by atoms with van der Waals surface area (Å²) in [6.45, 7) is 2.42. The highest BCUT2D eigenvalue weighted by molar-refractivity contribution is 8.00. The second-order valence-electron chi connectivity index (χ2n) is 5.02. The molecule has 0 unspecified atom stereocenters. The molecular formula is C16H16N4OS2. The van der Waals surface area contributed by atoms with Gasteiger partial charge in [-0.15, -0.1) is 21.5 Å². The number of nitrogens with two attached hydrogens (primary N) is 1. The van der Waals surface area contributed by atoms with Crippen molar-refractivity contribution < 1.29 is 4.79 Å². The molecule has 5 nitrogen and oxygen atoms in total. The van der Waals surface area contributed by atoms with E-state index in [2.05, 4.69) is 22.3 Å². The molecule has 0 radical (unpaired) electrons. The van der Waals surface area contributed by atoms with Crippen LogP contribution in [0.2, 0.25) is 0 Å². The van der Waals surface area contributed by atoms with E-state index < -0.39 is 0 Å². The number of carbonyl (C=O) groups is 1. The van der Waals surface area contributed by atoms with Crippen molar-refractivity contribution in [3.05, 3.63) is 53.4 Å². The summed E-state index contributed by atoms with van der Waals surface area (Å²) in [7, 11) is 0. The van der Waals surface area contributed by atoms with Gasteiger partial charge in [-0.25, -0.2) is 0 Å². The minimum absolute atomic E-state index is 0.357. The number of nitrogens with zero attached hydrogens (tertiary/aromatic N) is 3. The maximum atomic E-state index is 11.4. The van der Waals surface area contributed by atoms with E-state index in [9.17, 15) is 4.79 Å². The van der Waals surface area contributed by atoms with Crippen LogP contribution in [0, 0.1) is 0 Å². The van der Waals surface area contributed by atoms with E-state index in [1.807, 2.05) is 40.3 Å². The van der Waals surface area contributed by atoms with Crippen LogP contribution in [0.25, 0.3) is 10.7 Å². The number of benzene rings is 1. The molecule has 7 heteroatoms. The van der Waals surface area contributed by atoms with Crippen molar-refractivity contribution >= 4 is 29.0 Å². The molecule has 0 aliphatic carbocycles. The Morgan fingerprint density at radius 2 is 2.04 bits per heavy atom. The molecule has 3 aromatic rings. The molecule has 0 fully saturated rings. The highest BCUT2D eigenvalue weighted by atomic mass is 32.2. The van der Waals surface area contributed by atoms with Gasteiger partial charge in [0, 0.05) is 0 Å². The zero-order valence-electron chi connectivity index (χ0n) is 12.5. The van der Waals surface area contributed by atoms with Crippen LogP contribution < -0.4 is 5.73 Å². The molecule has 0 bridgehead atoms. The quantitative estimate of drug-likeness (QED) is 0.698. The van der Waals surface area contributed by atoms with E-state index in [0.717, 1.165) is 16.3 Å². The topological polar surface area (TPSA) is 73.8 Å². The third-order valence-electron chi connectivity index (χ3n) is 3.32. The van der Waals surface area contributed by atoms with Crippen molar-refractivity contribution in [3.8, 4) is 10.7 Å². The van der Waals surface area contributed by atoms with Gasteiger partial charge in [0.05, 0.1) is 16.7 Å². The minimum atomic E-state index is -0.359. The molecule has 3 rings (SSSR count). The van der Waals surface area contributed by atoms with E-state index in [-0.39, 0.29) is 11.2 Å². The number of rotatable bonds is 6. The van der Waals surface area contributed by atoms with Gasteiger partial charge in [0.1, 0.15) is 0 Å². The number of hydrogen-bond donors (Lipinski definition) is 1. The molecule has 2 heterocycles. The smallest absolute Gasteiger partial charge is 0.230 e. The lowest BCUT2D eigenvalue weighted by Crippen LogP contribution is -2.23. The van der Waals surface area contributed by atoms with Gasteiger partial charge >= 0.3 is 0 Å². The average Bonchev–Trinajstić information content (AvgIpc) is 3.19. The predicted octanol–water partition coefficient (Wildman–Crippen LogP) is 3.02. The van der Waals surface area contributed by atoms with Crippen molar-refractivity contribution in [2.45, 2.75) is 23.9 Å². The van der Waals surface area contributed by atoms with Crippen LogP contribution in [-0.4, -0.2) is 25.9 Å². The van der Waals surface area contributed by atoms with Gasteiger partial charge in [-0.3, -0.25) is 9.36 Å². The lowest BCUT2D eigenvalue weighted by atomic mass is 10.2. The Balaban J connectivity index is 1.98. The first-order valence-electron chi connectivity index (χ1n) is 7.12. The van der Waals surface area contributed by atoms with Crippen molar-refractivity contribution in [3.63, 3.8) is 0 Å². The van der Waals surface area contributed by atoms with Crippen molar-refractivity contribution in [2.75, 3.05) is 0 Å². The van der Waals surface area contributed by atoms with Crippen molar-refractivity contribution in [1.82, 2.24) is 14.8 Å². The molecule has 2 N–H and O–H groups in total. The van der Waals surface area contributed by atoms with Crippen molar-refractivity contribution in [1.29, 1.82) is 0 Å². The molecule has 0 saturated heterocycles. The number of aromatic nitrogens is 3. The lowest BCUT2D eigenvalue weighted by Gasteiger charge is -2.11. The molecule has 1 amide bonds. The molecule has 23 heavy (non-hydrogen) atoms. The molecule has 1 aromatic carbocycles. The van der Waals surface area contributed by atoms with Crippen molar-refractivity contribution in [2.24, 2.45) is 5.73 Å². The van der Waals surface area contributed by atoms with Gasteiger partial charge < -0.3 is 5.73 Å². The Kier molecular flexibility index (Phi) is 4.78. The van der Waals surface area contributed by atoms with Crippen LogP contribution >= 0.6 is 23.1 Å². The molecule has 0 aliphatic heterocycles. The largest absolute Gasteiger partial charge is 0.369 e.